The predicted octanol–water partition coefficient (Wildman–Crippen LogP) is 2.20. The molecule has 120 valence electrons. The van der Waals surface area contributed by atoms with Gasteiger partial charge in [0.05, 0.1) is 6.04 Å². The van der Waals surface area contributed by atoms with Gasteiger partial charge in [-0.25, -0.2) is 0 Å². The van der Waals surface area contributed by atoms with Crippen molar-refractivity contribution in [3.63, 3.8) is 0 Å². The quantitative estimate of drug-likeness (QED) is 0.929. The molecule has 3 rings (SSSR count). The number of fused-ring (bicyclic) bond motifs is 1. The van der Waals surface area contributed by atoms with Gasteiger partial charge in [-0.1, -0.05) is 13.8 Å². The van der Waals surface area contributed by atoms with Crippen LogP contribution in [0, 0.1) is 5.92 Å². The normalized spacial score (nSPS) is 23.9. The number of halogens is 1. The Balaban J connectivity index is 0.00000161. The zero-order chi connectivity index (χ0) is 14.1. The number of rotatable bonds is 3. The van der Waals surface area contributed by atoms with Crippen LogP contribution >= 0.6 is 12.4 Å². The van der Waals surface area contributed by atoms with Crippen LogP contribution in [0.25, 0.3) is 0 Å². The van der Waals surface area contributed by atoms with E-state index < -0.39 is 0 Å². The first-order chi connectivity index (χ1) is 9.66. The van der Waals surface area contributed by atoms with Crippen molar-refractivity contribution in [1.82, 2.24) is 25.0 Å². The van der Waals surface area contributed by atoms with Crippen molar-refractivity contribution >= 4 is 12.4 Å². The molecule has 0 amide bonds. The summed E-state index contributed by atoms with van der Waals surface area (Å²) in [5.74, 6) is 3.61. The van der Waals surface area contributed by atoms with Crippen LogP contribution in [0.1, 0.15) is 57.2 Å². The monoisotopic (exact) mass is 313 g/mol. The molecule has 1 atom stereocenters. The third kappa shape index (κ3) is 3.41. The largest absolute Gasteiger partial charge is 0.317 e. The molecule has 0 bridgehead atoms. The molecule has 1 aromatic rings. The number of hydrogen-bond donors (Lipinski definition) is 1. The van der Waals surface area contributed by atoms with Gasteiger partial charge in [0, 0.05) is 25.6 Å². The molecule has 21 heavy (non-hydrogen) atoms. The van der Waals surface area contributed by atoms with Crippen molar-refractivity contribution in [2.24, 2.45) is 5.92 Å². The van der Waals surface area contributed by atoms with Gasteiger partial charge in [0.2, 0.25) is 0 Å². The second-order valence-corrected chi connectivity index (χ2v) is 6.59. The fraction of sp³-hybridized carbons (Fsp3) is 0.867. The second-order valence-electron chi connectivity index (χ2n) is 6.59. The smallest absolute Gasteiger partial charge is 0.150 e. The Morgan fingerprint density at radius 3 is 2.57 bits per heavy atom. The van der Waals surface area contributed by atoms with Gasteiger partial charge in [-0.3, -0.25) is 4.90 Å². The highest BCUT2D eigenvalue weighted by atomic mass is 35.5. The van der Waals surface area contributed by atoms with Gasteiger partial charge < -0.3 is 9.88 Å². The van der Waals surface area contributed by atoms with E-state index in [1.54, 1.807) is 0 Å². The number of nitrogens with one attached hydrogen (secondary N) is 1. The summed E-state index contributed by atoms with van der Waals surface area (Å²) >= 11 is 0. The lowest BCUT2D eigenvalue weighted by Crippen LogP contribution is -2.42. The van der Waals surface area contributed by atoms with E-state index in [0.29, 0.717) is 12.0 Å². The molecule has 0 radical (unpaired) electrons. The topological polar surface area (TPSA) is 46.0 Å². The minimum absolute atomic E-state index is 0. The first kappa shape index (κ1) is 16.7. The lowest BCUT2D eigenvalue weighted by molar-refractivity contribution is 0.127. The highest BCUT2D eigenvalue weighted by molar-refractivity contribution is 5.85. The van der Waals surface area contributed by atoms with Gasteiger partial charge in [-0.2, -0.15) is 0 Å². The van der Waals surface area contributed by atoms with Crippen LogP contribution in [0.5, 0.6) is 0 Å². The van der Waals surface area contributed by atoms with Crippen molar-refractivity contribution in [3.05, 3.63) is 11.6 Å². The summed E-state index contributed by atoms with van der Waals surface area (Å²) in [6, 6.07) is 0.402. The highest BCUT2D eigenvalue weighted by Crippen LogP contribution is 2.28. The van der Waals surface area contributed by atoms with Gasteiger partial charge in [0.25, 0.3) is 0 Å². The standard InChI is InChI=1S/C15H27N5.ClH/c1-11(2)14-17-18-15-12(3)19(8-9-20(14)15)10-13-4-6-16-7-5-13;/h11-13,16H,4-10H2,1-3H3;1H. The van der Waals surface area contributed by atoms with Crippen LogP contribution in [0.15, 0.2) is 0 Å². The molecule has 0 spiro atoms. The molecule has 1 saturated heterocycles. The van der Waals surface area contributed by atoms with E-state index >= 15 is 0 Å². The number of aromatic nitrogens is 3. The van der Waals surface area contributed by atoms with Crippen molar-refractivity contribution in [2.45, 2.75) is 52.1 Å². The van der Waals surface area contributed by atoms with Gasteiger partial charge in [0.1, 0.15) is 11.6 Å². The SMILES string of the molecule is CC(C)c1nnc2n1CCN(CC1CCNCC1)C2C.Cl. The molecule has 1 unspecified atom stereocenters. The Kier molecular flexibility index (Phi) is 5.63. The van der Waals surface area contributed by atoms with Crippen LogP contribution in [-0.2, 0) is 6.54 Å². The summed E-state index contributed by atoms with van der Waals surface area (Å²) < 4.78 is 2.34. The molecular weight excluding hydrogens is 286 g/mol. The van der Waals surface area contributed by atoms with Gasteiger partial charge in [-0.05, 0) is 38.8 Å². The Labute approximate surface area is 133 Å². The Bertz CT molecular complexity index is 453. The summed E-state index contributed by atoms with van der Waals surface area (Å²) in [4.78, 5) is 2.60. The third-order valence-electron chi connectivity index (χ3n) is 4.81. The molecule has 0 aliphatic carbocycles. The maximum Gasteiger partial charge on any atom is 0.150 e. The maximum atomic E-state index is 4.46. The molecular formula is C15H28ClN5. The zero-order valence-corrected chi connectivity index (χ0v) is 14.2. The summed E-state index contributed by atoms with van der Waals surface area (Å²) in [5.41, 5.74) is 0. The average molecular weight is 314 g/mol. The van der Waals surface area contributed by atoms with E-state index in [4.69, 9.17) is 0 Å². The first-order valence-electron chi connectivity index (χ1n) is 8.04. The van der Waals surface area contributed by atoms with E-state index in [9.17, 15) is 0 Å². The van der Waals surface area contributed by atoms with E-state index in [2.05, 4.69) is 45.8 Å². The fourth-order valence-electron chi connectivity index (χ4n) is 3.52. The van der Waals surface area contributed by atoms with Crippen LogP contribution < -0.4 is 5.32 Å². The Morgan fingerprint density at radius 2 is 1.90 bits per heavy atom. The van der Waals surface area contributed by atoms with E-state index in [1.807, 2.05) is 0 Å². The zero-order valence-electron chi connectivity index (χ0n) is 13.4. The lowest BCUT2D eigenvalue weighted by Gasteiger charge is -2.37. The van der Waals surface area contributed by atoms with Gasteiger partial charge in [0.15, 0.2) is 0 Å². The Hall–Kier alpha value is -0.650. The average Bonchev–Trinajstić information content (AvgIpc) is 2.88. The van der Waals surface area contributed by atoms with Crippen LogP contribution in [0.2, 0.25) is 0 Å². The molecule has 1 N–H and O–H groups in total. The summed E-state index contributed by atoms with van der Waals surface area (Å²) in [5, 5.41) is 12.3. The van der Waals surface area contributed by atoms with Crippen LogP contribution in [0.4, 0.5) is 0 Å². The summed E-state index contributed by atoms with van der Waals surface area (Å²) in [7, 11) is 0. The maximum absolute atomic E-state index is 4.46. The molecule has 6 heteroatoms. The third-order valence-corrected chi connectivity index (χ3v) is 4.81. The molecule has 0 saturated carbocycles. The molecule has 1 aromatic heterocycles. The molecule has 1 fully saturated rings. The lowest BCUT2D eigenvalue weighted by atomic mass is 9.96. The van der Waals surface area contributed by atoms with Crippen molar-refractivity contribution in [2.75, 3.05) is 26.2 Å². The van der Waals surface area contributed by atoms with Crippen LogP contribution in [-0.4, -0.2) is 45.8 Å². The van der Waals surface area contributed by atoms with Crippen LogP contribution in [0.3, 0.4) is 0 Å². The Morgan fingerprint density at radius 1 is 1.19 bits per heavy atom. The van der Waals surface area contributed by atoms with Crippen molar-refractivity contribution in [1.29, 1.82) is 0 Å². The van der Waals surface area contributed by atoms with E-state index in [-0.39, 0.29) is 12.4 Å². The molecule has 0 aromatic carbocycles. The van der Waals surface area contributed by atoms with Crippen molar-refractivity contribution in [3.8, 4) is 0 Å². The second kappa shape index (κ2) is 7.07. The summed E-state index contributed by atoms with van der Waals surface area (Å²) in [6.45, 7) is 12.4. The number of piperidine rings is 1. The van der Waals surface area contributed by atoms with Crippen molar-refractivity contribution < 1.29 is 0 Å². The van der Waals surface area contributed by atoms with Gasteiger partial charge >= 0.3 is 0 Å². The first-order valence-corrected chi connectivity index (χ1v) is 8.04. The molecule has 2 aliphatic rings. The highest BCUT2D eigenvalue weighted by Gasteiger charge is 2.30. The van der Waals surface area contributed by atoms with E-state index in [1.165, 1.54) is 32.5 Å². The molecule has 2 aliphatic heterocycles. The van der Waals surface area contributed by atoms with E-state index in [0.717, 1.165) is 30.7 Å². The fourth-order valence-corrected chi connectivity index (χ4v) is 3.52. The summed E-state index contributed by atoms with van der Waals surface area (Å²) in [6.07, 6.45) is 2.63. The van der Waals surface area contributed by atoms with Gasteiger partial charge in [-0.15, -0.1) is 22.6 Å². The number of hydrogen-bond acceptors (Lipinski definition) is 4. The molecule has 5 nitrogen and oxygen atoms in total. The number of nitrogens with zero attached hydrogens (tertiary/aromatic N) is 4. The minimum Gasteiger partial charge on any atom is -0.317 e. The molecule has 3 heterocycles. The predicted molar refractivity (Wildman–Crippen MR) is 86.9 cm³/mol. The minimum atomic E-state index is 0.